The molecule has 1 saturated heterocycles. The minimum Gasteiger partial charge on any atom is -0.486 e. The Morgan fingerprint density at radius 1 is 0.829 bits per heavy atom. The number of nitrogens with zero attached hydrogens (tertiary/aromatic N) is 2. The number of aliphatic carboxylic acids is 3. The van der Waals surface area contributed by atoms with Crippen LogP contribution in [-0.2, 0) is 43.2 Å². The van der Waals surface area contributed by atoms with Gasteiger partial charge in [0.2, 0.25) is 35.4 Å². The number of pyridine rings is 1. The number of hydrogen-bond donors (Lipinski definition) is 8. The van der Waals surface area contributed by atoms with Crippen molar-refractivity contribution >= 4 is 64.3 Å². The van der Waals surface area contributed by atoms with Crippen LogP contribution in [0, 0.1) is 17.3 Å². The predicted octanol–water partition coefficient (Wildman–Crippen LogP) is 2.93. The Morgan fingerprint density at radius 3 is 2.03 bits per heavy atom. The molecule has 2 aromatic carbocycles. The fraction of sp³-hybridized carbons (Fsp3) is 0.480. The maximum Gasteiger partial charge on any atom is 0.330 e. The first-order valence-corrected chi connectivity index (χ1v) is 23.3. The lowest BCUT2D eigenvalue weighted by Gasteiger charge is -2.38. The number of carbonyl (C=O) groups excluding carboxylic acids is 6. The summed E-state index contributed by atoms with van der Waals surface area (Å²) in [5.41, 5.74) is -0.747. The van der Waals surface area contributed by atoms with Crippen molar-refractivity contribution in [3.05, 3.63) is 73.3 Å². The van der Waals surface area contributed by atoms with E-state index in [1.54, 1.807) is 20.8 Å². The van der Waals surface area contributed by atoms with Gasteiger partial charge in [0.05, 0.1) is 24.9 Å². The summed E-state index contributed by atoms with van der Waals surface area (Å²) >= 11 is 0. The van der Waals surface area contributed by atoms with Crippen LogP contribution in [0.15, 0.2) is 73.3 Å². The van der Waals surface area contributed by atoms with Gasteiger partial charge in [-0.05, 0) is 42.7 Å². The molecule has 6 rings (SSSR count). The van der Waals surface area contributed by atoms with E-state index >= 15 is 4.79 Å². The molecule has 6 amide bonds. The number of carbonyl (C=O) groups is 9. The molecule has 0 unspecified atom stereocenters. The molecule has 20 nitrogen and oxygen atoms in total. The van der Waals surface area contributed by atoms with Gasteiger partial charge in [-0.25, -0.2) is 9.78 Å². The molecule has 3 fully saturated rings. The number of para-hydroxylation sites is 1. The van der Waals surface area contributed by atoms with E-state index in [4.69, 9.17) is 9.72 Å². The quantitative estimate of drug-likeness (QED) is 0.0756. The molecule has 0 bridgehead atoms. The van der Waals surface area contributed by atoms with Gasteiger partial charge in [-0.2, -0.15) is 0 Å². The second-order valence-electron chi connectivity index (χ2n) is 19.4. The van der Waals surface area contributed by atoms with Gasteiger partial charge in [0.1, 0.15) is 53.3 Å². The third kappa shape index (κ3) is 12.4. The average Bonchev–Trinajstić information content (AvgIpc) is 3.87. The van der Waals surface area contributed by atoms with Crippen molar-refractivity contribution in [2.45, 2.75) is 127 Å². The van der Waals surface area contributed by atoms with Gasteiger partial charge in [-0.15, -0.1) is 6.58 Å². The lowest BCUT2D eigenvalue weighted by molar-refractivity contribution is -0.147. The smallest absolute Gasteiger partial charge is 0.330 e. The van der Waals surface area contributed by atoms with Gasteiger partial charge < -0.3 is 51.5 Å². The first kappa shape index (κ1) is 52.0. The van der Waals surface area contributed by atoms with E-state index in [9.17, 15) is 53.7 Å². The highest BCUT2D eigenvalue weighted by Gasteiger charge is 2.61. The van der Waals surface area contributed by atoms with E-state index < -0.39 is 125 Å². The first-order chi connectivity index (χ1) is 33.1. The highest BCUT2D eigenvalue weighted by molar-refractivity contribution is 5.99. The highest BCUT2D eigenvalue weighted by atomic mass is 16.5. The second kappa shape index (κ2) is 21.9. The topological polar surface area (TPSA) is 300 Å². The van der Waals surface area contributed by atoms with Crippen molar-refractivity contribution < 1.29 is 63.2 Å². The lowest BCUT2D eigenvalue weighted by atomic mass is 9.82. The number of carboxylic acid groups (broad SMARTS) is 3. The Bertz CT molecular complexity index is 2510. The lowest BCUT2D eigenvalue weighted by Crippen LogP contribution is -2.63. The number of ether oxygens (including phenoxy) is 1. The van der Waals surface area contributed by atoms with Crippen molar-refractivity contribution in [3.8, 4) is 17.0 Å². The van der Waals surface area contributed by atoms with Crippen molar-refractivity contribution in [1.29, 1.82) is 0 Å². The maximum absolute atomic E-state index is 15.2. The molecule has 2 saturated carbocycles. The summed E-state index contributed by atoms with van der Waals surface area (Å²) in [6.07, 6.45) is 1.91. The standard InChI is InChI=1S/C50H61N7O13/c1-6-31-25-50(31,48(68)69)56-45(65)36-22-32(70-37-21-30-19-13-14-20-33(30)52-40(37)28-15-9-7-10-16-28)26-57(36)47(67)42(49(3,4)5)55-46(66)41(29-17-11-8-12-18-29)54-44(64)35(24-39(61)62)53-43(63)34(23-38(59)60)51-27(2)58/h6-7,9-10,13-16,19-21,29,31-32,34-36,41-42H,1,8,11-12,17-18,22-26H2,2-5H3,(H,51,58)(H,53,63)(H,54,64)(H,55,66)(H,56,65)(H,59,60)(H,61,62)(H,68,69)/t31-,32-,34+,35-,36+,41+,42-,50-/m1/s1. The van der Waals surface area contributed by atoms with Crippen molar-refractivity contribution in [2.75, 3.05) is 6.54 Å². The van der Waals surface area contributed by atoms with Gasteiger partial charge in [0.15, 0.2) is 0 Å². The Balaban J connectivity index is 1.31. The number of likely N-dealkylation sites (tertiary alicyclic amines) is 1. The van der Waals surface area contributed by atoms with E-state index in [2.05, 4.69) is 33.2 Å². The van der Waals surface area contributed by atoms with E-state index in [0.29, 0.717) is 42.6 Å². The van der Waals surface area contributed by atoms with Gasteiger partial charge >= 0.3 is 17.9 Å². The molecule has 2 heterocycles. The van der Waals surface area contributed by atoms with E-state index in [0.717, 1.165) is 24.3 Å². The molecule has 3 aliphatic rings. The summed E-state index contributed by atoms with van der Waals surface area (Å²) < 4.78 is 6.68. The number of carboxylic acids is 3. The third-order valence-corrected chi connectivity index (χ3v) is 13.1. The van der Waals surface area contributed by atoms with Crippen molar-refractivity contribution in [1.82, 2.24) is 36.5 Å². The van der Waals surface area contributed by atoms with Gasteiger partial charge in [-0.1, -0.05) is 94.6 Å². The molecule has 0 radical (unpaired) electrons. The second-order valence-corrected chi connectivity index (χ2v) is 19.4. The molecule has 20 heteroatoms. The van der Waals surface area contributed by atoms with Gasteiger partial charge in [0, 0.05) is 30.2 Å². The fourth-order valence-corrected chi connectivity index (χ4v) is 9.31. The predicted molar refractivity (Wildman–Crippen MR) is 252 cm³/mol. The van der Waals surface area contributed by atoms with Crippen LogP contribution in [0.1, 0.15) is 85.5 Å². The van der Waals surface area contributed by atoms with Crippen LogP contribution in [0.25, 0.3) is 22.2 Å². The van der Waals surface area contributed by atoms with Crippen molar-refractivity contribution in [2.24, 2.45) is 17.3 Å². The number of amides is 6. The number of benzene rings is 2. The van der Waals surface area contributed by atoms with E-state index in [1.165, 1.54) is 11.0 Å². The van der Waals surface area contributed by atoms with Gasteiger partial charge in [-0.3, -0.25) is 38.4 Å². The third-order valence-electron chi connectivity index (χ3n) is 13.1. The number of rotatable bonds is 20. The van der Waals surface area contributed by atoms with Crippen LogP contribution in [0.2, 0.25) is 0 Å². The summed E-state index contributed by atoms with van der Waals surface area (Å²) in [6, 6.07) is 11.1. The highest BCUT2D eigenvalue weighted by Crippen LogP contribution is 2.45. The average molecular weight is 968 g/mol. The summed E-state index contributed by atoms with van der Waals surface area (Å²) in [7, 11) is 0. The summed E-state index contributed by atoms with van der Waals surface area (Å²) in [5.74, 6) is -10.2. The molecule has 1 aromatic heterocycles. The number of aromatic nitrogens is 1. The van der Waals surface area contributed by atoms with Crippen LogP contribution < -0.4 is 31.3 Å². The summed E-state index contributed by atoms with van der Waals surface area (Å²) in [6.45, 7) is 9.66. The molecular weight excluding hydrogens is 907 g/mol. The number of nitrogens with one attached hydrogen (secondary N) is 5. The zero-order valence-corrected chi connectivity index (χ0v) is 39.6. The molecule has 8 atom stereocenters. The zero-order chi connectivity index (χ0) is 51.1. The van der Waals surface area contributed by atoms with Crippen LogP contribution in [-0.4, -0.2) is 127 Å². The maximum atomic E-state index is 15.2. The molecule has 1 aliphatic heterocycles. The van der Waals surface area contributed by atoms with Crippen LogP contribution in [0.3, 0.4) is 0 Å². The Kier molecular flexibility index (Phi) is 16.3. The SMILES string of the molecule is C=C[C@@H]1C[C@]1(NC(=O)[C@@H]1C[C@@H](Oc2cc3ccccc3nc2-c2ccccc2)CN1C(=O)[C@@H](NC(=O)[C@@H](NC(=O)[C@@H](CC(=O)O)NC(=O)[C@H](CC(=O)O)NC(C)=O)C1CCCCC1)C(C)(C)C)C(=O)O. The van der Waals surface area contributed by atoms with Gasteiger partial charge in [0.25, 0.3) is 0 Å². The van der Waals surface area contributed by atoms with E-state index in [1.807, 2.05) is 60.7 Å². The zero-order valence-electron chi connectivity index (χ0n) is 39.6. The number of hydrogen-bond acceptors (Lipinski definition) is 11. The van der Waals surface area contributed by atoms with Crippen LogP contribution in [0.4, 0.5) is 0 Å². The normalized spacial score (nSPS) is 21.7. The molecule has 0 spiro atoms. The summed E-state index contributed by atoms with van der Waals surface area (Å²) in [4.78, 5) is 126. The monoisotopic (exact) mass is 967 g/mol. The summed E-state index contributed by atoms with van der Waals surface area (Å²) in [5, 5.41) is 42.6. The molecule has 2 aliphatic carbocycles. The number of fused-ring (bicyclic) bond motifs is 1. The molecule has 70 heavy (non-hydrogen) atoms. The fourth-order valence-electron chi connectivity index (χ4n) is 9.31. The first-order valence-electron chi connectivity index (χ1n) is 23.3. The Morgan fingerprint density at radius 2 is 1.44 bits per heavy atom. The van der Waals surface area contributed by atoms with E-state index in [-0.39, 0.29) is 19.4 Å². The Hall–Kier alpha value is -7.38. The molecule has 3 aromatic rings. The molecule has 8 N–H and O–H groups in total. The van der Waals surface area contributed by atoms with Crippen molar-refractivity contribution in [3.63, 3.8) is 0 Å². The molecule has 374 valence electrons. The van der Waals surface area contributed by atoms with Crippen LogP contribution in [0.5, 0.6) is 5.75 Å². The Labute approximate surface area is 404 Å². The minimum atomic E-state index is -1.82. The molecular formula is C50H61N7O13. The largest absolute Gasteiger partial charge is 0.486 e. The minimum absolute atomic E-state index is 0.0788. The van der Waals surface area contributed by atoms with Crippen LogP contribution >= 0.6 is 0 Å².